The molecule has 0 aliphatic rings. The first-order valence-electron chi connectivity index (χ1n) is 8.33. The molecule has 8 heteroatoms. The molecular weight excluding hydrogens is 520 g/mol. The molecule has 0 aromatic heterocycles. The lowest BCUT2D eigenvalue weighted by Crippen LogP contribution is -2.23. The molecule has 2 nitrogen and oxygen atoms in total. The molecule has 0 aliphatic carbocycles. The van der Waals surface area contributed by atoms with Crippen molar-refractivity contribution in [3.63, 3.8) is 0 Å². The van der Waals surface area contributed by atoms with Gasteiger partial charge in [0, 0.05) is 8.95 Å². The maximum Gasteiger partial charge on any atom is 0.426 e. The molecule has 29 heavy (non-hydrogen) atoms. The van der Waals surface area contributed by atoms with Gasteiger partial charge in [0.25, 0.3) is 0 Å². The van der Waals surface area contributed by atoms with E-state index in [1.54, 1.807) is 0 Å². The summed E-state index contributed by atoms with van der Waals surface area (Å²) in [4.78, 5) is 0. The number of halogens is 6. The van der Waals surface area contributed by atoms with Crippen molar-refractivity contribution in [2.45, 2.75) is 19.1 Å². The Morgan fingerprint density at radius 2 is 1.10 bits per heavy atom. The Labute approximate surface area is 181 Å². The SMILES string of the molecule is Cc1cc(OC(F)(F)c2ccc(Br)cc2)ccc1OC(F)(F)c1ccc(Br)cc1. The molecule has 152 valence electrons. The second-order valence-electron chi connectivity index (χ2n) is 6.18. The van der Waals surface area contributed by atoms with E-state index in [1.807, 2.05) is 0 Å². The number of rotatable bonds is 6. The molecule has 3 aromatic rings. The van der Waals surface area contributed by atoms with Crippen LogP contribution in [0.4, 0.5) is 17.6 Å². The molecule has 0 amide bonds. The van der Waals surface area contributed by atoms with Gasteiger partial charge in [0.2, 0.25) is 0 Å². The molecular formula is C21H14Br2F4O2. The van der Waals surface area contributed by atoms with Crippen molar-refractivity contribution in [1.82, 2.24) is 0 Å². The van der Waals surface area contributed by atoms with Gasteiger partial charge in [-0.1, -0.05) is 31.9 Å². The Kier molecular flexibility index (Phi) is 6.24. The van der Waals surface area contributed by atoms with E-state index in [0.717, 1.165) is 6.07 Å². The summed E-state index contributed by atoms with van der Waals surface area (Å²) >= 11 is 6.36. The molecule has 0 radical (unpaired) electrons. The van der Waals surface area contributed by atoms with Crippen molar-refractivity contribution < 1.29 is 27.0 Å². The minimum absolute atomic E-state index is 0.141. The van der Waals surface area contributed by atoms with E-state index in [1.165, 1.54) is 67.6 Å². The summed E-state index contributed by atoms with van der Waals surface area (Å²) in [7, 11) is 0. The molecule has 0 aliphatic heterocycles. The Morgan fingerprint density at radius 1 is 0.655 bits per heavy atom. The van der Waals surface area contributed by atoms with Crippen molar-refractivity contribution in [2.24, 2.45) is 0 Å². The van der Waals surface area contributed by atoms with Gasteiger partial charge in [0.1, 0.15) is 11.5 Å². The average molecular weight is 534 g/mol. The van der Waals surface area contributed by atoms with E-state index in [0.29, 0.717) is 8.95 Å². The van der Waals surface area contributed by atoms with Crippen LogP contribution in [0.2, 0.25) is 0 Å². The standard InChI is InChI=1S/C21H14Br2F4O2/c1-13-12-18(28-20(24,25)14-2-6-16(22)7-3-14)10-11-19(13)29-21(26,27)15-4-8-17(23)9-5-15/h2-12H,1H3. The number of aryl methyl sites for hydroxylation is 1. The quantitative estimate of drug-likeness (QED) is 0.301. The Morgan fingerprint density at radius 3 is 1.55 bits per heavy atom. The summed E-state index contributed by atoms with van der Waals surface area (Å²) in [5.74, 6) is -0.313. The normalized spacial score (nSPS) is 12.0. The molecule has 0 bridgehead atoms. The molecule has 0 unspecified atom stereocenters. The zero-order valence-corrected chi connectivity index (χ0v) is 18.1. The minimum atomic E-state index is -3.59. The van der Waals surface area contributed by atoms with Crippen LogP contribution in [0.3, 0.4) is 0 Å². The van der Waals surface area contributed by atoms with E-state index in [9.17, 15) is 17.6 Å². The second kappa shape index (κ2) is 8.36. The number of hydrogen-bond acceptors (Lipinski definition) is 2. The maximum absolute atomic E-state index is 14.4. The van der Waals surface area contributed by atoms with Crippen LogP contribution in [0.1, 0.15) is 16.7 Å². The molecule has 3 aromatic carbocycles. The first kappa shape index (κ1) is 21.6. The molecule has 0 N–H and O–H groups in total. The highest BCUT2D eigenvalue weighted by Crippen LogP contribution is 2.37. The fraction of sp³-hybridized carbons (Fsp3) is 0.143. The lowest BCUT2D eigenvalue weighted by Gasteiger charge is -2.21. The third kappa shape index (κ3) is 5.30. The van der Waals surface area contributed by atoms with Crippen molar-refractivity contribution in [3.05, 3.63) is 92.4 Å². The summed E-state index contributed by atoms with van der Waals surface area (Å²) in [5, 5.41) is 0. The van der Waals surface area contributed by atoms with E-state index < -0.39 is 12.2 Å². The van der Waals surface area contributed by atoms with E-state index in [-0.39, 0.29) is 28.2 Å². The largest absolute Gasteiger partial charge is 0.429 e. The Hall–Kier alpha value is -2.06. The summed E-state index contributed by atoms with van der Waals surface area (Å²) in [6.45, 7) is 1.47. The van der Waals surface area contributed by atoms with Gasteiger partial charge < -0.3 is 9.47 Å². The topological polar surface area (TPSA) is 18.5 Å². The van der Waals surface area contributed by atoms with E-state index in [2.05, 4.69) is 31.9 Å². The van der Waals surface area contributed by atoms with Gasteiger partial charge in [-0.15, -0.1) is 0 Å². The number of ether oxygens (including phenoxy) is 2. The first-order valence-corrected chi connectivity index (χ1v) is 9.92. The molecule has 0 saturated heterocycles. The molecule has 0 spiro atoms. The molecule has 0 fully saturated rings. The van der Waals surface area contributed by atoms with Gasteiger partial charge in [0.05, 0.1) is 11.1 Å². The predicted molar refractivity (Wildman–Crippen MR) is 109 cm³/mol. The Bertz CT molecular complexity index is 991. The maximum atomic E-state index is 14.4. The predicted octanol–water partition coefficient (Wildman–Crippen LogP) is 7.78. The van der Waals surface area contributed by atoms with Crippen molar-refractivity contribution in [1.29, 1.82) is 0 Å². The van der Waals surface area contributed by atoms with Crippen LogP contribution in [-0.2, 0) is 12.2 Å². The molecule has 3 rings (SSSR count). The number of alkyl halides is 4. The van der Waals surface area contributed by atoms with Crippen LogP contribution < -0.4 is 9.47 Å². The van der Waals surface area contributed by atoms with Gasteiger partial charge in [0.15, 0.2) is 0 Å². The van der Waals surface area contributed by atoms with Crippen molar-refractivity contribution >= 4 is 31.9 Å². The number of hydrogen-bond donors (Lipinski definition) is 0. The van der Waals surface area contributed by atoms with Crippen LogP contribution >= 0.6 is 31.9 Å². The second-order valence-corrected chi connectivity index (χ2v) is 8.01. The third-order valence-corrected chi connectivity index (χ3v) is 5.05. The van der Waals surface area contributed by atoms with E-state index >= 15 is 0 Å². The summed E-state index contributed by atoms with van der Waals surface area (Å²) < 4.78 is 68.4. The minimum Gasteiger partial charge on any atom is -0.429 e. The first-order chi connectivity index (χ1) is 13.6. The average Bonchev–Trinajstić information content (AvgIpc) is 2.64. The third-order valence-electron chi connectivity index (χ3n) is 3.99. The van der Waals surface area contributed by atoms with E-state index in [4.69, 9.17) is 9.47 Å². The van der Waals surface area contributed by atoms with Gasteiger partial charge in [-0.25, -0.2) is 0 Å². The molecule has 0 heterocycles. The fourth-order valence-corrected chi connectivity index (χ4v) is 3.02. The molecule has 0 saturated carbocycles. The zero-order valence-electron chi connectivity index (χ0n) is 14.9. The number of benzene rings is 3. The zero-order chi connectivity index (χ0) is 21.2. The summed E-state index contributed by atoms with van der Waals surface area (Å²) in [6.07, 6.45) is -7.17. The Balaban J connectivity index is 1.77. The van der Waals surface area contributed by atoms with Crippen LogP contribution in [0.5, 0.6) is 11.5 Å². The monoisotopic (exact) mass is 532 g/mol. The van der Waals surface area contributed by atoms with Gasteiger partial charge >= 0.3 is 12.2 Å². The van der Waals surface area contributed by atoms with Gasteiger partial charge in [-0.2, -0.15) is 17.6 Å². The van der Waals surface area contributed by atoms with Crippen LogP contribution in [0.15, 0.2) is 75.7 Å². The van der Waals surface area contributed by atoms with Gasteiger partial charge in [-0.05, 0) is 79.2 Å². The lowest BCUT2D eigenvalue weighted by molar-refractivity contribution is -0.188. The van der Waals surface area contributed by atoms with Crippen molar-refractivity contribution in [3.8, 4) is 11.5 Å². The van der Waals surface area contributed by atoms with Crippen LogP contribution in [0, 0.1) is 6.92 Å². The van der Waals surface area contributed by atoms with Crippen molar-refractivity contribution in [2.75, 3.05) is 0 Å². The highest BCUT2D eigenvalue weighted by atomic mass is 79.9. The smallest absolute Gasteiger partial charge is 0.426 e. The van der Waals surface area contributed by atoms with Crippen LogP contribution in [-0.4, -0.2) is 0 Å². The summed E-state index contributed by atoms with van der Waals surface area (Å²) in [6, 6.07) is 14.4. The van der Waals surface area contributed by atoms with Gasteiger partial charge in [-0.3, -0.25) is 0 Å². The summed E-state index contributed by atoms with van der Waals surface area (Å²) in [5.41, 5.74) is -0.437. The molecule has 0 atom stereocenters. The highest BCUT2D eigenvalue weighted by Gasteiger charge is 2.36. The fourth-order valence-electron chi connectivity index (χ4n) is 2.49. The highest BCUT2D eigenvalue weighted by molar-refractivity contribution is 9.10. The lowest BCUT2D eigenvalue weighted by atomic mass is 10.2. The van der Waals surface area contributed by atoms with Crippen LogP contribution in [0.25, 0.3) is 0 Å².